The molecule has 2 N–H and O–H groups in total. The molecule has 5 nitrogen and oxygen atoms in total. The normalized spacial score (nSPS) is 21.7. The average Bonchev–Trinajstić information content (AvgIpc) is 2.27. The van der Waals surface area contributed by atoms with Crippen molar-refractivity contribution in [1.82, 2.24) is 9.62 Å². The minimum absolute atomic E-state index is 0.154. The molecule has 6 heteroatoms. The van der Waals surface area contributed by atoms with Crippen LogP contribution in [0.15, 0.2) is 0 Å². The minimum atomic E-state index is -1.07. The van der Waals surface area contributed by atoms with E-state index in [4.69, 9.17) is 5.11 Å². The van der Waals surface area contributed by atoms with Gasteiger partial charge in [-0.3, -0.25) is 0 Å². The van der Waals surface area contributed by atoms with E-state index in [1.807, 2.05) is 27.7 Å². The van der Waals surface area contributed by atoms with Crippen LogP contribution in [0.5, 0.6) is 0 Å². The molecule has 0 spiro atoms. The monoisotopic (exact) mass is 276 g/mol. The molecule has 1 amide bonds. The lowest BCUT2D eigenvalue weighted by Crippen LogP contribution is -2.49. The lowest BCUT2D eigenvalue weighted by atomic mass is 9.91. The summed E-state index contributed by atoms with van der Waals surface area (Å²) in [5.41, 5.74) is 0. The molecule has 18 heavy (non-hydrogen) atoms. The minimum Gasteiger partial charge on any atom is -0.598 e. The molecule has 1 fully saturated rings. The highest BCUT2D eigenvalue weighted by molar-refractivity contribution is 7.90. The van der Waals surface area contributed by atoms with E-state index < -0.39 is 17.5 Å². The standard InChI is InChI=1S/C12H24N2O3S/c1-9(13-18(17)12(2,3)4)10-5-7-14(8-6-10)11(15)16/h9-10,13H,5-8H2,1-4H3,(H,15,16). The average molecular weight is 276 g/mol. The molecule has 0 aromatic carbocycles. The Kier molecular flexibility index (Phi) is 5.31. The van der Waals surface area contributed by atoms with Crippen molar-refractivity contribution in [1.29, 1.82) is 0 Å². The van der Waals surface area contributed by atoms with Crippen molar-refractivity contribution in [2.75, 3.05) is 13.1 Å². The second-order valence-electron chi connectivity index (χ2n) is 5.89. The lowest BCUT2D eigenvalue weighted by molar-refractivity contribution is 0.120. The van der Waals surface area contributed by atoms with E-state index in [1.165, 1.54) is 4.90 Å². The van der Waals surface area contributed by atoms with Gasteiger partial charge < -0.3 is 14.6 Å². The molecule has 0 saturated carbocycles. The first-order chi connectivity index (χ1) is 8.21. The van der Waals surface area contributed by atoms with Gasteiger partial charge in [-0.2, -0.15) is 0 Å². The molecule has 0 aromatic rings. The van der Waals surface area contributed by atoms with Crippen molar-refractivity contribution < 1.29 is 14.5 Å². The van der Waals surface area contributed by atoms with Gasteiger partial charge in [0.05, 0.1) is 6.04 Å². The van der Waals surface area contributed by atoms with Crippen LogP contribution in [0.2, 0.25) is 0 Å². The molecule has 1 aliphatic rings. The van der Waals surface area contributed by atoms with Crippen molar-refractivity contribution in [3.05, 3.63) is 0 Å². The van der Waals surface area contributed by atoms with Crippen LogP contribution in [-0.2, 0) is 11.4 Å². The molecule has 1 aliphatic heterocycles. The number of hydrogen-bond acceptors (Lipinski definition) is 3. The van der Waals surface area contributed by atoms with Crippen LogP contribution in [0.3, 0.4) is 0 Å². The number of carbonyl (C=O) groups is 1. The molecular weight excluding hydrogens is 252 g/mol. The second-order valence-corrected chi connectivity index (χ2v) is 7.89. The molecule has 0 radical (unpaired) electrons. The Morgan fingerprint density at radius 2 is 1.94 bits per heavy atom. The van der Waals surface area contributed by atoms with Crippen LogP contribution in [0.25, 0.3) is 0 Å². The summed E-state index contributed by atoms with van der Waals surface area (Å²) in [5, 5.41) is 8.88. The van der Waals surface area contributed by atoms with Gasteiger partial charge in [0.15, 0.2) is 0 Å². The van der Waals surface area contributed by atoms with Crippen LogP contribution in [0, 0.1) is 5.92 Å². The zero-order valence-corrected chi connectivity index (χ0v) is 12.4. The summed E-state index contributed by atoms with van der Waals surface area (Å²) in [7, 11) is 0. The number of nitrogens with one attached hydrogen (secondary N) is 1. The molecule has 1 saturated heterocycles. The SMILES string of the molecule is CC(N[S+]([O-])C(C)(C)C)C1CCN(C(=O)O)CC1. The maximum Gasteiger partial charge on any atom is 0.407 e. The Hall–Kier alpha value is -0.460. The van der Waals surface area contributed by atoms with Crippen LogP contribution >= 0.6 is 0 Å². The fourth-order valence-electron chi connectivity index (χ4n) is 2.03. The number of carboxylic acid groups (broad SMARTS) is 1. The second kappa shape index (κ2) is 6.12. The molecule has 2 unspecified atom stereocenters. The van der Waals surface area contributed by atoms with Gasteiger partial charge in [0.1, 0.15) is 4.75 Å². The van der Waals surface area contributed by atoms with Gasteiger partial charge in [0, 0.05) is 24.5 Å². The summed E-state index contributed by atoms with van der Waals surface area (Å²) in [6, 6.07) is 0.154. The first kappa shape index (κ1) is 15.6. The summed E-state index contributed by atoms with van der Waals surface area (Å²) in [4.78, 5) is 12.3. The molecule has 0 aromatic heterocycles. The van der Waals surface area contributed by atoms with E-state index in [0.717, 1.165) is 12.8 Å². The fourth-order valence-corrected chi connectivity index (χ4v) is 2.92. The van der Waals surface area contributed by atoms with Gasteiger partial charge in [0.2, 0.25) is 0 Å². The summed E-state index contributed by atoms with van der Waals surface area (Å²) in [6.07, 6.45) is 0.830. The van der Waals surface area contributed by atoms with Crippen LogP contribution in [-0.4, -0.2) is 44.5 Å². The van der Waals surface area contributed by atoms with Gasteiger partial charge in [-0.05, 0) is 46.5 Å². The van der Waals surface area contributed by atoms with E-state index in [0.29, 0.717) is 19.0 Å². The van der Waals surface area contributed by atoms with Crippen molar-refractivity contribution in [2.45, 2.75) is 51.3 Å². The van der Waals surface area contributed by atoms with E-state index in [1.54, 1.807) is 0 Å². The van der Waals surface area contributed by atoms with E-state index in [-0.39, 0.29) is 10.8 Å². The smallest absolute Gasteiger partial charge is 0.407 e. The molecule has 0 bridgehead atoms. The number of nitrogens with zero attached hydrogens (tertiary/aromatic N) is 1. The highest BCUT2D eigenvalue weighted by Gasteiger charge is 2.32. The maximum atomic E-state index is 12.0. The summed E-state index contributed by atoms with van der Waals surface area (Å²) >= 11 is -1.07. The fraction of sp³-hybridized carbons (Fsp3) is 0.917. The molecular formula is C12H24N2O3S. The zero-order chi connectivity index (χ0) is 13.9. The topological polar surface area (TPSA) is 75.6 Å². The van der Waals surface area contributed by atoms with Gasteiger partial charge in [-0.1, -0.05) is 0 Å². The van der Waals surface area contributed by atoms with Crippen LogP contribution < -0.4 is 4.72 Å². The van der Waals surface area contributed by atoms with Crippen molar-refractivity contribution in [2.24, 2.45) is 5.92 Å². The third-order valence-corrected chi connectivity index (χ3v) is 5.06. The molecule has 2 atom stereocenters. The Labute approximate surface area is 112 Å². The van der Waals surface area contributed by atoms with Gasteiger partial charge in [-0.15, -0.1) is 4.72 Å². The van der Waals surface area contributed by atoms with Gasteiger partial charge in [0.25, 0.3) is 0 Å². The highest BCUT2D eigenvalue weighted by atomic mass is 32.2. The molecule has 1 rings (SSSR count). The Balaban J connectivity index is 2.41. The Morgan fingerprint density at radius 3 is 2.33 bits per heavy atom. The quantitative estimate of drug-likeness (QED) is 0.771. The summed E-state index contributed by atoms with van der Waals surface area (Å²) < 4.78 is 14.9. The van der Waals surface area contributed by atoms with Gasteiger partial charge >= 0.3 is 6.09 Å². The summed E-state index contributed by atoms with van der Waals surface area (Å²) in [6.45, 7) is 9.01. The Bertz CT molecular complexity index is 286. The maximum absolute atomic E-state index is 12.0. The third kappa shape index (κ3) is 4.33. The Morgan fingerprint density at radius 1 is 1.44 bits per heavy atom. The predicted octanol–water partition coefficient (Wildman–Crippen LogP) is 1.82. The third-order valence-electron chi connectivity index (χ3n) is 3.37. The molecule has 106 valence electrons. The summed E-state index contributed by atoms with van der Waals surface area (Å²) in [5.74, 6) is 0.395. The van der Waals surface area contributed by atoms with Crippen molar-refractivity contribution >= 4 is 17.5 Å². The highest BCUT2D eigenvalue weighted by Crippen LogP contribution is 2.23. The van der Waals surface area contributed by atoms with Crippen LogP contribution in [0.1, 0.15) is 40.5 Å². The first-order valence-electron chi connectivity index (χ1n) is 6.37. The number of rotatable bonds is 3. The van der Waals surface area contributed by atoms with E-state index in [9.17, 15) is 9.35 Å². The number of likely N-dealkylation sites (tertiary alicyclic amines) is 1. The zero-order valence-electron chi connectivity index (χ0n) is 11.6. The lowest BCUT2D eigenvalue weighted by Gasteiger charge is -2.35. The predicted molar refractivity (Wildman–Crippen MR) is 72.8 cm³/mol. The number of hydrogen-bond donors (Lipinski definition) is 2. The first-order valence-corrected chi connectivity index (χ1v) is 7.52. The van der Waals surface area contributed by atoms with E-state index >= 15 is 0 Å². The molecule has 1 heterocycles. The van der Waals surface area contributed by atoms with Crippen LogP contribution in [0.4, 0.5) is 4.79 Å². The van der Waals surface area contributed by atoms with Gasteiger partial charge in [-0.25, -0.2) is 4.79 Å². The number of piperidine rings is 1. The van der Waals surface area contributed by atoms with Crippen molar-refractivity contribution in [3.8, 4) is 0 Å². The number of amides is 1. The van der Waals surface area contributed by atoms with E-state index in [2.05, 4.69) is 4.72 Å². The van der Waals surface area contributed by atoms with Crippen molar-refractivity contribution in [3.63, 3.8) is 0 Å². The molecule has 0 aliphatic carbocycles. The largest absolute Gasteiger partial charge is 0.598 e.